The highest BCUT2D eigenvalue weighted by molar-refractivity contribution is 6.33. The second-order valence-electron chi connectivity index (χ2n) is 12.5. The molecule has 1 atom stereocenters. The van der Waals surface area contributed by atoms with E-state index in [1.54, 1.807) is 38.8 Å². The summed E-state index contributed by atoms with van der Waals surface area (Å²) in [6.07, 6.45) is 2.98. The van der Waals surface area contributed by atoms with Crippen molar-refractivity contribution >= 4 is 35.1 Å². The van der Waals surface area contributed by atoms with Crippen molar-refractivity contribution in [3.05, 3.63) is 79.8 Å². The molecule has 0 spiro atoms. The monoisotopic (exact) mass is 682 g/mol. The summed E-state index contributed by atoms with van der Waals surface area (Å²) in [5.41, 5.74) is 0.284. The summed E-state index contributed by atoms with van der Waals surface area (Å²) in [6, 6.07) is 8.51. The normalized spacial score (nSPS) is 15.9. The highest BCUT2D eigenvalue weighted by Gasteiger charge is 2.32. The molecule has 0 aliphatic carbocycles. The van der Waals surface area contributed by atoms with Crippen LogP contribution in [0.15, 0.2) is 52.2 Å². The largest absolute Gasteiger partial charge is 0.497 e. The Hall–Kier alpha value is -4.65. The molecule has 0 unspecified atom stereocenters. The molecule has 48 heavy (non-hydrogen) atoms. The number of nitrogens with zero attached hydrogens (tertiary/aromatic N) is 4. The molecule has 3 heterocycles. The van der Waals surface area contributed by atoms with Crippen LogP contribution < -0.4 is 26.6 Å². The number of ether oxygens (including phenoxy) is 1. The molecule has 0 bridgehead atoms. The third-order valence-electron chi connectivity index (χ3n) is 8.97. The molecule has 1 aromatic heterocycles. The minimum Gasteiger partial charge on any atom is -0.497 e. The molecule has 5 rings (SSSR count). The van der Waals surface area contributed by atoms with Crippen molar-refractivity contribution in [2.75, 3.05) is 38.6 Å². The number of carbonyl (C=O) groups is 3. The summed E-state index contributed by atoms with van der Waals surface area (Å²) in [4.78, 5) is 69.8. The van der Waals surface area contributed by atoms with Crippen molar-refractivity contribution in [3.63, 3.8) is 0 Å². The van der Waals surface area contributed by atoms with Crippen LogP contribution in [0.5, 0.6) is 5.75 Å². The second kappa shape index (κ2) is 14.6. The van der Waals surface area contributed by atoms with E-state index in [1.165, 1.54) is 18.3 Å². The predicted octanol–water partition coefficient (Wildman–Crippen LogP) is 3.89. The van der Waals surface area contributed by atoms with E-state index in [0.717, 1.165) is 32.2 Å². The van der Waals surface area contributed by atoms with E-state index in [4.69, 9.17) is 16.3 Å². The van der Waals surface area contributed by atoms with Gasteiger partial charge in [0, 0.05) is 55.6 Å². The van der Waals surface area contributed by atoms with E-state index in [2.05, 4.69) is 10.6 Å². The summed E-state index contributed by atoms with van der Waals surface area (Å²) in [5.74, 6) is -0.927. The van der Waals surface area contributed by atoms with Crippen molar-refractivity contribution in [2.24, 2.45) is 5.92 Å². The average Bonchev–Trinajstić information content (AvgIpc) is 3.23. The van der Waals surface area contributed by atoms with Gasteiger partial charge in [-0.1, -0.05) is 37.6 Å². The number of rotatable bonds is 9. The number of amides is 4. The minimum absolute atomic E-state index is 0.0172. The molecule has 0 saturated carbocycles. The zero-order chi connectivity index (χ0) is 34.7. The molecule has 1 fully saturated rings. The van der Waals surface area contributed by atoms with Crippen molar-refractivity contribution in [1.82, 2.24) is 24.3 Å². The third kappa shape index (κ3) is 7.25. The predicted molar refractivity (Wildman–Crippen MR) is 180 cm³/mol. The van der Waals surface area contributed by atoms with Crippen molar-refractivity contribution in [2.45, 2.75) is 58.7 Å². The van der Waals surface area contributed by atoms with Gasteiger partial charge in [-0.3, -0.25) is 23.5 Å². The van der Waals surface area contributed by atoms with Crippen LogP contribution in [0.3, 0.4) is 0 Å². The fourth-order valence-electron chi connectivity index (χ4n) is 6.14. The lowest BCUT2D eigenvalue weighted by Gasteiger charge is -2.38. The Labute approximate surface area is 282 Å². The SMILES string of the molecule is COc1ccc2c(c1)CCN(C1CCN(C(=O)Cn3cc(-c4cccc(F)c4Cl)c(=O)n([C@@H](C)CNC(=O)C(C)C)c3=O)CC1)C(=O)N2. The first-order valence-electron chi connectivity index (χ1n) is 16.0. The Balaban J connectivity index is 1.34. The molecule has 12 nitrogen and oxygen atoms in total. The molecule has 2 N–H and O–H groups in total. The zero-order valence-electron chi connectivity index (χ0n) is 27.4. The molecule has 14 heteroatoms. The van der Waals surface area contributed by atoms with Crippen LogP contribution in [0.1, 0.15) is 45.2 Å². The number of likely N-dealkylation sites (tertiary alicyclic amines) is 1. The summed E-state index contributed by atoms with van der Waals surface area (Å²) in [6.45, 7) is 5.89. The van der Waals surface area contributed by atoms with Gasteiger partial charge in [-0.25, -0.2) is 14.0 Å². The Morgan fingerprint density at radius 1 is 1.06 bits per heavy atom. The number of fused-ring (bicyclic) bond motifs is 1. The molecule has 2 aliphatic heterocycles. The Morgan fingerprint density at radius 2 is 1.79 bits per heavy atom. The number of aromatic nitrogens is 2. The topological polar surface area (TPSA) is 135 Å². The summed E-state index contributed by atoms with van der Waals surface area (Å²) in [7, 11) is 1.60. The smallest absolute Gasteiger partial charge is 0.331 e. The Kier molecular flexibility index (Phi) is 10.6. The number of benzene rings is 2. The first kappa shape index (κ1) is 34.7. The van der Waals surface area contributed by atoms with Gasteiger partial charge < -0.3 is 25.2 Å². The van der Waals surface area contributed by atoms with E-state index in [0.29, 0.717) is 38.9 Å². The lowest BCUT2D eigenvalue weighted by atomic mass is 10.0. The summed E-state index contributed by atoms with van der Waals surface area (Å²) < 4.78 is 21.8. The number of hydrogen-bond donors (Lipinski definition) is 2. The molecule has 0 radical (unpaired) electrons. The second-order valence-corrected chi connectivity index (χ2v) is 12.9. The van der Waals surface area contributed by atoms with Crippen LogP contribution in [-0.2, 0) is 22.6 Å². The van der Waals surface area contributed by atoms with Gasteiger partial charge in [0.25, 0.3) is 5.56 Å². The first-order chi connectivity index (χ1) is 22.9. The number of hydrogen-bond acceptors (Lipinski definition) is 6. The fraction of sp³-hybridized carbons (Fsp3) is 0.441. The molecule has 4 amide bonds. The van der Waals surface area contributed by atoms with E-state index < -0.39 is 23.1 Å². The van der Waals surface area contributed by atoms with Gasteiger partial charge >= 0.3 is 11.7 Å². The number of carbonyl (C=O) groups excluding carboxylic acids is 3. The highest BCUT2D eigenvalue weighted by Crippen LogP contribution is 2.29. The molecule has 2 aromatic carbocycles. The Bertz CT molecular complexity index is 1830. The number of halogens is 2. The number of piperidine rings is 1. The number of anilines is 1. The van der Waals surface area contributed by atoms with Gasteiger partial charge in [-0.05, 0) is 56.0 Å². The van der Waals surface area contributed by atoms with Crippen molar-refractivity contribution < 1.29 is 23.5 Å². The highest BCUT2D eigenvalue weighted by atomic mass is 35.5. The fourth-order valence-corrected chi connectivity index (χ4v) is 6.37. The van der Waals surface area contributed by atoms with Crippen molar-refractivity contribution in [1.29, 1.82) is 0 Å². The molecule has 256 valence electrons. The van der Waals surface area contributed by atoms with Gasteiger partial charge in [-0.15, -0.1) is 0 Å². The standard InChI is InChI=1S/C34H40ClFN6O6/c1-20(2)31(44)37-17-21(3)42-32(45)26(25-6-5-7-27(36)30(25)35)18-40(34(42)47)19-29(43)39-13-11-23(12-14-39)41-15-10-22-16-24(48-4)8-9-28(22)38-33(41)46/h5-9,16,18,20-21,23H,10-15,17,19H2,1-4H3,(H,37,44)(H,38,46)/t21-/m0/s1. The molecular formula is C34H40ClFN6O6. The van der Waals surface area contributed by atoms with Crippen LogP contribution >= 0.6 is 11.6 Å². The van der Waals surface area contributed by atoms with Gasteiger partial charge in [0.15, 0.2) is 0 Å². The number of nitrogens with one attached hydrogen (secondary N) is 2. The van der Waals surface area contributed by atoms with Crippen LogP contribution in [0, 0.1) is 11.7 Å². The van der Waals surface area contributed by atoms with Crippen molar-refractivity contribution in [3.8, 4) is 16.9 Å². The number of methoxy groups -OCH3 is 1. The zero-order valence-corrected chi connectivity index (χ0v) is 28.2. The van der Waals surface area contributed by atoms with Crippen LogP contribution in [0.25, 0.3) is 11.1 Å². The van der Waals surface area contributed by atoms with Gasteiger partial charge in [0.2, 0.25) is 11.8 Å². The molecule has 3 aromatic rings. The summed E-state index contributed by atoms with van der Waals surface area (Å²) >= 11 is 6.25. The maximum Gasteiger partial charge on any atom is 0.331 e. The van der Waals surface area contributed by atoms with Crippen LogP contribution in [-0.4, -0.2) is 76.1 Å². The van der Waals surface area contributed by atoms with Gasteiger partial charge in [0.1, 0.15) is 18.1 Å². The van der Waals surface area contributed by atoms with Gasteiger partial charge in [0.05, 0.1) is 23.7 Å². The average molecular weight is 683 g/mol. The summed E-state index contributed by atoms with van der Waals surface area (Å²) in [5, 5.41) is 5.43. The van der Waals surface area contributed by atoms with Crippen LogP contribution in [0.2, 0.25) is 5.02 Å². The lowest BCUT2D eigenvalue weighted by Crippen LogP contribution is -2.51. The molecular weight excluding hydrogens is 643 g/mol. The first-order valence-corrected chi connectivity index (χ1v) is 16.4. The number of urea groups is 1. The maximum atomic E-state index is 14.4. The quantitative estimate of drug-likeness (QED) is 0.352. The van der Waals surface area contributed by atoms with E-state index in [9.17, 15) is 28.4 Å². The van der Waals surface area contributed by atoms with Gasteiger partial charge in [-0.2, -0.15) is 0 Å². The minimum atomic E-state index is -0.788. The van der Waals surface area contributed by atoms with Crippen LogP contribution in [0.4, 0.5) is 14.9 Å². The third-order valence-corrected chi connectivity index (χ3v) is 9.35. The van der Waals surface area contributed by atoms with E-state index >= 15 is 0 Å². The van der Waals surface area contributed by atoms with E-state index in [-0.39, 0.29) is 59.0 Å². The lowest BCUT2D eigenvalue weighted by molar-refractivity contribution is -0.133. The molecule has 2 aliphatic rings. The maximum absolute atomic E-state index is 14.4. The molecule has 1 saturated heterocycles. The van der Waals surface area contributed by atoms with E-state index in [1.807, 2.05) is 17.0 Å². The Morgan fingerprint density at radius 3 is 2.48 bits per heavy atom.